The lowest BCUT2D eigenvalue weighted by atomic mass is 9.93. The molecule has 0 atom stereocenters. The molecular weight excluding hydrogens is 204 g/mol. The highest BCUT2D eigenvalue weighted by atomic mass is 16.3. The molecule has 2 rings (SSSR count). The van der Waals surface area contributed by atoms with E-state index in [1.165, 1.54) is 0 Å². The quantitative estimate of drug-likeness (QED) is 0.670. The Labute approximate surface area is 94.7 Å². The van der Waals surface area contributed by atoms with Crippen LogP contribution in [0.5, 0.6) is 0 Å². The van der Waals surface area contributed by atoms with Crippen molar-refractivity contribution in [1.29, 1.82) is 0 Å². The highest BCUT2D eigenvalue weighted by Gasteiger charge is 2.36. The van der Waals surface area contributed by atoms with Gasteiger partial charge >= 0.3 is 0 Å². The number of benzene rings is 1. The van der Waals surface area contributed by atoms with Crippen LogP contribution in [0.25, 0.3) is 0 Å². The summed E-state index contributed by atoms with van der Waals surface area (Å²) in [6.07, 6.45) is 0.173. The summed E-state index contributed by atoms with van der Waals surface area (Å²) in [6, 6.07) is 9.73. The molecule has 0 bridgehead atoms. The maximum absolute atomic E-state index is 11.5. The van der Waals surface area contributed by atoms with E-state index in [4.69, 9.17) is 0 Å². The van der Waals surface area contributed by atoms with Crippen molar-refractivity contribution in [3.05, 3.63) is 35.9 Å². The number of rotatable bonds is 4. The molecular formula is C12H16N2O2. The van der Waals surface area contributed by atoms with E-state index in [9.17, 15) is 9.90 Å². The maximum Gasteiger partial charge on any atom is 0.223 e. The first-order valence-electron chi connectivity index (χ1n) is 5.42. The molecule has 1 amide bonds. The second kappa shape index (κ2) is 4.63. The summed E-state index contributed by atoms with van der Waals surface area (Å²) >= 11 is 0. The number of amides is 1. The van der Waals surface area contributed by atoms with Gasteiger partial charge in [-0.2, -0.15) is 0 Å². The summed E-state index contributed by atoms with van der Waals surface area (Å²) in [6.45, 7) is 1.53. The number of hydrogen-bond donors (Lipinski definition) is 3. The van der Waals surface area contributed by atoms with Crippen molar-refractivity contribution in [2.24, 2.45) is 0 Å². The molecule has 4 heteroatoms. The van der Waals surface area contributed by atoms with Gasteiger partial charge in [-0.1, -0.05) is 30.3 Å². The smallest absolute Gasteiger partial charge is 0.223 e. The minimum Gasteiger partial charge on any atom is -0.387 e. The second-order valence-corrected chi connectivity index (χ2v) is 4.27. The zero-order valence-corrected chi connectivity index (χ0v) is 9.07. The van der Waals surface area contributed by atoms with Crippen LogP contribution >= 0.6 is 0 Å². The highest BCUT2D eigenvalue weighted by molar-refractivity contribution is 5.77. The minimum atomic E-state index is -0.833. The molecule has 1 aromatic carbocycles. The lowest BCUT2D eigenvalue weighted by molar-refractivity contribution is -0.128. The summed E-state index contributed by atoms with van der Waals surface area (Å²) in [4.78, 5) is 11.5. The zero-order chi connectivity index (χ0) is 11.4. The predicted octanol–water partition coefficient (Wildman–Crippen LogP) is 0.0272. The normalized spacial score (nSPS) is 17.6. The van der Waals surface area contributed by atoms with Gasteiger partial charge in [0.25, 0.3) is 0 Å². The molecule has 1 aliphatic heterocycles. The van der Waals surface area contributed by atoms with E-state index in [2.05, 4.69) is 10.6 Å². The number of aliphatic hydroxyl groups is 1. The van der Waals surface area contributed by atoms with Gasteiger partial charge in [0, 0.05) is 19.6 Å². The van der Waals surface area contributed by atoms with Crippen molar-refractivity contribution in [3.63, 3.8) is 0 Å². The van der Waals surface area contributed by atoms with Crippen LogP contribution in [0.4, 0.5) is 0 Å². The van der Waals surface area contributed by atoms with Crippen molar-refractivity contribution >= 4 is 5.91 Å². The van der Waals surface area contributed by atoms with Gasteiger partial charge in [-0.3, -0.25) is 4.79 Å². The van der Waals surface area contributed by atoms with E-state index in [1.54, 1.807) is 0 Å². The number of β-amino-alcohol motifs (C(OH)–C–C–N with tert-alkyl or cyclic N) is 1. The molecule has 0 unspecified atom stereocenters. The number of carbonyl (C=O) groups excluding carboxylic acids is 1. The third kappa shape index (κ3) is 2.81. The number of carbonyl (C=O) groups is 1. The van der Waals surface area contributed by atoms with Crippen LogP contribution in [-0.4, -0.2) is 29.7 Å². The second-order valence-electron chi connectivity index (χ2n) is 4.27. The first-order valence-corrected chi connectivity index (χ1v) is 5.42. The van der Waals surface area contributed by atoms with Crippen molar-refractivity contribution in [3.8, 4) is 0 Å². The number of nitrogens with one attached hydrogen (secondary N) is 2. The molecule has 1 saturated heterocycles. The molecule has 1 heterocycles. The molecule has 1 fully saturated rings. The van der Waals surface area contributed by atoms with Crippen LogP contribution < -0.4 is 10.6 Å². The fourth-order valence-electron chi connectivity index (χ4n) is 1.70. The van der Waals surface area contributed by atoms with Crippen LogP contribution in [0.2, 0.25) is 0 Å². The van der Waals surface area contributed by atoms with E-state index in [-0.39, 0.29) is 12.3 Å². The van der Waals surface area contributed by atoms with Gasteiger partial charge < -0.3 is 15.7 Å². The summed E-state index contributed by atoms with van der Waals surface area (Å²) in [5.41, 5.74) is 0.232. The van der Waals surface area contributed by atoms with Gasteiger partial charge in [0.2, 0.25) is 5.91 Å². The molecule has 0 radical (unpaired) electrons. The van der Waals surface area contributed by atoms with Crippen LogP contribution in [-0.2, 0) is 11.3 Å². The average Bonchev–Trinajstić information content (AvgIpc) is 2.26. The molecule has 0 aliphatic carbocycles. The Bertz CT molecular complexity index is 361. The van der Waals surface area contributed by atoms with Gasteiger partial charge in [0.05, 0.1) is 12.0 Å². The fraction of sp³-hybridized carbons (Fsp3) is 0.417. The van der Waals surface area contributed by atoms with Gasteiger partial charge in [-0.25, -0.2) is 0 Å². The van der Waals surface area contributed by atoms with E-state index in [0.29, 0.717) is 19.6 Å². The fourth-order valence-corrected chi connectivity index (χ4v) is 1.70. The Morgan fingerprint density at radius 3 is 2.62 bits per heavy atom. The molecule has 0 spiro atoms. The SMILES string of the molecule is O=C(CC1(O)CNC1)NCc1ccccc1. The van der Waals surface area contributed by atoms with Gasteiger partial charge in [0.15, 0.2) is 0 Å². The summed E-state index contributed by atoms with van der Waals surface area (Å²) in [5, 5.41) is 15.5. The Morgan fingerprint density at radius 2 is 2.06 bits per heavy atom. The summed E-state index contributed by atoms with van der Waals surface area (Å²) in [7, 11) is 0. The first kappa shape index (κ1) is 11.1. The minimum absolute atomic E-state index is 0.104. The van der Waals surface area contributed by atoms with Crippen LogP contribution in [0.15, 0.2) is 30.3 Å². The molecule has 86 valence electrons. The van der Waals surface area contributed by atoms with E-state index >= 15 is 0 Å². The topological polar surface area (TPSA) is 61.4 Å². The highest BCUT2D eigenvalue weighted by Crippen LogP contribution is 2.14. The lowest BCUT2D eigenvalue weighted by Gasteiger charge is -2.36. The van der Waals surface area contributed by atoms with Crippen molar-refractivity contribution in [1.82, 2.24) is 10.6 Å². The van der Waals surface area contributed by atoms with Crippen molar-refractivity contribution in [2.75, 3.05) is 13.1 Å². The van der Waals surface area contributed by atoms with Crippen LogP contribution in [0.1, 0.15) is 12.0 Å². The average molecular weight is 220 g/mol. The molecule has 1 aromatic rings. The molecule has 0 saturated carbocycles. The third-order valence-electron chi connectivity index (χ3n) is 2.73. The van der Waals surface area contributed by atoms with Gasteiger partial charge in [0.1, 0.15) is 0 Å². The van der Waals surface area contributed by atoms with Crippen molar-refractivity contribution < 1.29 is 9.90 Å². The van der Waals surface area contributed by atoms with Crippen molar-refractivity contribution in [2.45, 2.75) is 18.6 Å². The van der Waals surface area contributed by atoms with Crippen LogP contribution in [0, 0.1) is 0 Å². The first-order chi connectivity index (χ1) is 7.68. The van der Waals surface area contributed by atoms with E-state index < -0.39 is 5.60 Å². The monoisotopic (exact) mass is 220 g/mol. The third-order valence-corrected chi connectivity index (χ3v) is 2.73. The Hall–Kier alpha value is -1.39. The van der Waals surface area contributed by atoms with Gasteiger partial charge in [-0.05, 0) is 5.56 Å². The molecule has 1 aliphatic rings. The standard InChI is InChI=1S/C12H16N2O2/c15-11(6-12(16)8-13-9-12)14-7-10-4-2-1-3-5-10/h1-5,13,16H,6-9H2,(H,14,15). The summed E-state index contributed by atoms with van der Waals surface area (Å²) < 4.78 is 0. The van der Waals surface area contributed by atoms with E-state index in [1.807, 2.05) is 30.3 Å². The van der Waals surface area contributed by atoms with Gasteiger partial charge in [-0.15, -0.1) is 0 Å². The Kier molecular flexibility index (Phi) is 3.22. The molecule has 4 nitrogen and oxygen atoms in total. The molecule has 0 aromatic heterocycles. The Morgan fingerprint density at radius 1 is 1.38 bits per heavy atom. The summed E-state index contributed by atoms with van der Waals surface area (Å²) in [5.74, 6) is -0.104. The maximum atomic E-state index is 11.5. The lowest BCUT2D eigenvalue weighted by Crippen LogP contribution is -2.61. The van der Waals surface area contributed by atoms with Crippen LogP contribution in [0.3, 0.4) is 0 Å². The van der Waals surface area contributed by atoms with E-state index in [0.717, 1.165) is 5.56 Å². The predicted molar refractivity (Wildman–Crippen MR) is 60.7 cm³/mol. The molecule has 3 N–H and O–H groups in total. The largest absolute Gasteiger partial charge is 0.387 e. The zero-order valence-electron chi connectivity index (χ0n) is 9.07. The Balaban J connectivity index is 1.76. The number of hydrogen-bond acceptors (Lipinski definition) is 3. The molecule has 16 heavy (non-hydrogen) atoms.